The minimum atomic E-state index is -4.47. The molecule has 6 nitrogen and oxygen atoms in total. The van der Waals surface area contributed by atoms with Gasteiger partial charge in [0.15, 0.2) is 0 Å². The smallest absolute Gasteiger partial charge is 0.356 e. The Morgan fingerprint density at radius 3 is 2.68 bits per heavy atom. The Balaban J connectivity index is 1.45. The number of aryl methyl sites for hydroxylation is 1. The van der Waals surface area contributed by atoms with Crippen molar-refractivity contribution in [2.45, 2.75) is 32.0 Å². The number of nitrogens with one attached hydrogen (secondary N) is 1. The first-order chi connectivity index (χ1) is 13.3. The molecule has 0 unspecified atom stereocenters. The van der Waals surface area contributed by atoms with Crippen LogP contribution in [-0.2, 0) is 17.5 Å². The van der Waals surface area contributed by atoms with Crippen LogP contribution in [0, 0.1) is 5.92 Å². The van der Waals surface area contributed by atoms with E-state index in [1.165, 1.54) is 0 Å². The highest BCUT2D eigenvalue weighted by atomic mass is 35.5. The van der Waals surface area contributed by atoms with Crippen molar-refractivity contribution < 1.29 is 18.0 Å². The Kier molecular flexibility index (Phi) is 6.43. The van der Waals surface area contributed by atoms with E-state index in [4.69, 9.17) is 11.6 Å². The minimum absolute atomic E-state index is 0.0109. The number of amides is 1. The van der Waals surface area contributed by atoms with Crippen LogP contribution in [0.4, 0.5) is 19.0 Å². The molecular formula is C18H21ClF3N5O. The summed E-state index contributed by atoms with van der Waals surface area (Å²) < 4.78 is 40.1. The molecule has 1 saturated heterocycles. The second kappa shape index (κ2) is 8.81. The van der Waals surface area contributed by atoms with Crippen LogP contribution in [0.15, 0.2) is 31.0 Å². The third kappa shape index (κ3) is 5.15. The summed E-state index contributed by atoms with van der Waals surface area (Å²) in [6.45, 7) is 2.41. The normalized spacial score (nSPS) is 15.6. The predicted octanol–water partition coefficient (Wildman–Crippen LogP) is 3.37. The number of halogens is 4. The van der Waals surface area contributed by atoms with Gasteiger partial charge in [-0.15, -0.1) is 0 Å². The molecule has 3 rings (SSSR count). The predicted molar refractivity (Wildman–Crippen MR) is 99.0 cm³/mol. The maximum absolute atomic E-state index is 12.7. The molecule has 0 spiro atoms. The van der Waals surface area contributed by atoms with Gasteiger partial charge in [-0.1, -0.05) is 11.6 Å². The lowest BCUT2D eigenvalue weighted by Crippen LogP contribution is -2.41. The summed E-state index contributed by atoms with van der Waals surface area (Å²) in [6.07, 6.45) is 3.66. The first-order valence-corrected chi connectivity index (χ1v) is 9.43. The fourth-order valence-corrected chi connectivity index (χ4v) is 3.49. The molecule has 2 aromatic heterocycles. The Bertz CT molecular complexity index is 789. The van der Waals surface area contributed by atoms with Crippen molar-refractivity contribution in [3.05, 3.63) is 41.6 Å². The second-order valence-corrected chi connectivity index (χ2v) is 7.14. The van der Waals surface area contributed by atoms with Crippen LogP contribution in [0.5, 0.6) is 0 Å². The quantitative estimate of drug-likeness (QED) is 0.735. The van der Waals surface area contributed by atoms with Crippen molar-refractivity contribution >= 4 is 23.3 Å². The molecule has 152 valence electrons. The second-order valence-electron chi connectivity index (χ2n) is 6.73. The Labute approximate surface area is 165 Å². The van der Waals surface area contributed by atoms with Gasteiger partial charge in [0.2, 0.25) is 5.91 Å². The number of hydrogen-bond donors (Lipinski definition) is 1. The van der Waals surface area contributed by atoms with E-state index in [9.17, 15) is 18.0 Å². The summed E-state index contributed by atoms with van der Waals surface area (Å²) >= 11 is 6.00. The number of alkyl halides is 3. The van der Waals surface area contributed by atoms with Gasteiger partial charge in [-0.3, -0.25) is 4.79 Å². The molecule has 0 saturated carbocycles. The molecule has 1 amide bonds. The van der Waals surface area contributed by atoms with Gasteiger partial charge in [-0.2, -0.15) is 13.2 Å². The topological polar surface area (TPSA) is 63.1 Å². The highest BCUT2D eigenvalue weighted by Gasteiger charge is 2.33. The van der Waals surface area contributed by atoms with Crippen molar-refractivity contribution in [1.82, 2.24) is 19.9 Å². The van der Waals surface area contributed by atoms with Gasteiger partial charge in [-0.25, -0.2) is 9.97 Å². The number of nitrogens with zero attached hydrogens (tertiary/aromatic N) is 4. The van der Waals surface area contributed by atoms with Gasteiger partial charge >= 0.3 is 6.18 Å². The maximum Gasteiger partial charge on any atom is 0.417 e. The number of hydrogen-bond acceptors (Lipinski definition) is 4. The lowest BCUT2D eigenvalue weighted by molar-refractivity contribution is -0.137. The van der Waals surface area contributed by atoms with Gasteiger partial charge in [-0.05, 0) is 25.3 Å². The molecule has 0 radical (unpaired) electrons. The number of carbonyl (C=O) groups is 1. The van der Waals surface area contributed by atoms with Crippen molar-refractivity contribution in [3.63, 3.8) is 0 Å². The van der Waals surface area contributed by atoms with E-state index in [0.717, 1.165) is 25.2 Å². The zero-order valence-corrected chi connectivity index (χ0v) is 15.9. The third-order valence-corrected chi connectivity index (χ3v) is 5.04. The number of pyridine rings is 1. The molecule has 0 atom stereocenters. The SMILES string of the molecule is O=C(NCCCn1ccnc1)C1CCN(c2ncc(C(F)(F)F)cc2Cl)CC1. The minimum Gasteiger partial charge on any atom is -0.356 e. The standard InChI is InChI=1S/C18H21ClF3N5O/c19-15-10-14(18(20,21)22)11-25-16(15)27-7-2-13(3-8-27)17(28)24-4-1-6-26-9-5-23-12-26/h5,9-13H,1-4,6-8H2,(H,24,28). The Morgan fingerprint density at radius 1 is 1.32 bits per heavy atom. The molecule has 0 aliphatic carbocycles. The van der Waals surface area contributed by atoms with Gasteiger partial charge in [0.05, 0.1) is 16.9 Å². The van der Waals surface area contributed by atoms with Crippen molar-refractivity contribution in [1.29, 1.82) is 0 Å². The highest BCUT2D eigenvalue weighted by molar-refractivity contribution is 6.33. The molecule has 0 bridgehead atoms. The number of rotatable bonds is 6. The van der Waals surface area contributed by atoms with E-state index in [0.29, 0.717) is 38.3 Å². The fraction of sp³-hybridized carbons (Fsp3) is 0.500. The summed E-state index contributed by atoms with van der Waals surface area (Å²) in [7, 11) is 0. The lowest BCUT2D eigenvalue weighted by Gasteiger charge is -2.32. The molecule has 2 aromatic rings. The van der Waals surface area contributed by atoms with Crippen LogP contribution in [-0.4, -0.2) is 40.1 Å². The van der Waals surface area contributed by atoms with Gasteiger partial charge < -0.3 is 14.8 Å². The summed E-state index contributed by atoms with van der Waals surface area (Å²) in [6, 6.07) is 0.892. The highest BCUT2D eigenvalue weighted by Crippen LogP contribution is 2.34. The molecule has 3 heterocycles. The van der Waals surface area contributed by atoms with E-state index in [1.54, 1.807) is 12.5 Å². The average molecular weight is 416 g/mol. The molecule has 28 heavy (non-hydrogen) atoms. The summed E-state index contributed by atoms with van der Waals surface area (Å²) in [5, 5.41) is 2.92. The molecule has 1 fully saturated rings. The Morgan fingerprint density at radius 2 is 2.07 bits per heavy atom. The molecular weight excluding hydrogens is 395 g/mol. The molecule has 10 heteroatoms. The van der Waals surface area contributed by atoms with Crippen LogP contribution in [0.2, 0.25) is 5.02 Å². The van der Waals surface area contributed by atoms with Crippen LogP contribution < -0.4 is 10.2 Å². The summed E-state index contributed by atoms with van der Waals surface area (Å²) in [5.41, 5.74) is -0.869. The zero-order valence-electron chi connectivity index (χ0n) is 15.1. The van der Waals surface area contributed by atoms with Crippen LogP contribution in [0.1, 0.15) is 24.8 Å². The number of piperidine rings is 1. The number of imidazole rings is 1. The largest absolute Gasteiger partial charge is 0.417 e. The van der Waals surface area contributed by atoms with Crippen LogP contribution in [0.25, 0.3) is 0 Å². The first kappa shape index (κ1) is 20.4. The maximum atomic E-state index is 12.7. The fourth-order valence-electron chi connectivity index (χ4n) is 3.21. The summed E-state index contributed by atoms with van der Waals surface area (Å²) in [4.78, 5) is 22.0. The van der Waals surface area contributed by atoms with Crippen molar-refractivity contribution in [2.75, 3.05) is 24.5 Å². The lowest BCUT2D eigenvalue weighted by atomic mass is 9.96. The van der Waals surface area contributed by atoms with Gasteiger partial charge in [0.1, 0.15) is 5.82 Å². The van der Waals surface area contributed by atoms with Crippen LogP contribution >= 0.6 is 11.6 Å². The van der Waals surface area contributed by atoms with Crippen molar-refractivity contribution in [3.8, 4) is 0 Å². The van der Waals surface area contributed by atoms with Crippen LogP contribution in [0.3, 0.4) is 0 Å². The first-order valence-electron chi connectivity index (χ1n) is 9.06. The number of anilines is 1. The summed E-state index contributed by atoms with van der Waals surface area (Å²) in [5.74, 6) is 0.225. The molecule has 1 aliphatic rings. The third-order valence-electron chi connectivity index (χ3n) is 4.77. The molecule has 1 aliphatic heterocycles. The monoisotopic (exact) mass is 415 g/mol. The van der Waals surface area contributed by atoms with Crippen molar-refractivity contribution in [2.24, 2.45) is 5.92 Å². The van der Waals surface area contributed by atoms with E-state index in [1.807, 2.05) is 15.7 Å². The zero-order chi connectivity index (χ0) is 20.1. The van der Waals surface area contributed by atoms with Gasteiger partial charge in [0.25, 0.3) is 0 Å². The van der Waals surface area contributed by atoms with E-state index in [2.05, 4.69) is 15.3 Å². The Hall–Kier alpha value is -2.29. The van der Waals surface area contributed by atoms with E-state index in [-0.39, 0.29) is 16.8 Å². The molecule has 1 N–H and O–H groups in total. The molecule has 0 aromatic carbocycles. The average Bonchev–Trinajstić information content (AvgIpc) is 3.18. The number of aromatic nitrogens is 3. The van der Waals surface area contributed by atoms with E-state index >= 15 is 0 Å². The number of carbonyl (C=O) groups excluding carboxylic acids is 1. The van der Waals surface area contributed by atoms with E-state index < -0.39 is 11.7 Å². The van der Waals surface area contributed by atoms with Gasteiger partial charge in [0, 0.05) is 50.7 Å².